The van der Waals surface area contributed by atoms with E-state index in [1.807, 2.05) is 0 Å². The van der Waals surface area contributed by atoms with Crippen molar-refractivity contribution in [2.75, 3.05) is 17.4 Å². The second kappa shape index (κ2) is 5.41. The molecule has 3 N–H and O–H groups in total. The Labute approximate surface area is 125 Å². The summed E-state index contributed by atoms with van der Waals surface area (Å²) >= 11 is 5.77. The normalized spacial score (nSPS) is 12.0. The van der Waals surface area contributed by atoms with Gasteiger partial charge in [0, 0.05) is 11.8 Å². The largest absolute Gasteiger partial charge is 0.504 e. The van der Waals surface area contributed by atoms with Gasteiger partial charge in [-0.05, 0) is 24.3 Å². The van der Waals surface area contributed by atoms with Crippen LogP contribution in [0.4, 0.5) is 16.2 Å². The van der Waals surface area contributed by atoms with Crippen LogP contribution >= 0.6 is 11.6 Å². The monoisotopic (exact) mass is 306 g/mol. The van der Waals surface area contributed by atoms with Crippen molar-refractivity contribution in [3.63, 3.8) is 0 Å². The first-order chi connectivity index (χ1) is 10.1. The highest BCUT2D eigenvalue weighted by atomic mass is 35.5. The minimum absolute atomic E-state index is 0.163. The molecule has 0 fully saturated rings. The summed E-state index contributed by atoms with van der Waals surface area (Å²) in [6, 6.07) is 9.22. The summed E-state index contributed by atoms with van der Waals surface area (Å²) in [6.07, 6.45) is 0. The zero-order valence-corrected chi connectivity index (χ0v) is 11.5. The van der Waals surface area contributed by atoms with Crippen LogP contribution in [0.15, 0.2) is 36.4 Å². The Bertz CT molecular complexity index is 705. The van der Waals surface area contributed by atoms with Crippen LogP contribution in [-0.4, -0.2) is 17.9 Å². The first kappa shape index (κ1) is 13.4. The van der Waals surface area contributed by atoms with E-state index in [1.54, 1.807) is 30.3 Å². The molecule has 7 heteroatoms. The maximum atomic E-state index is 11.9. The van der Waals surface area contributed by atoms with Crippen LogP contribution in [0, 0.1) is 0 Å². The van der Waals surface area contributed by atoms with Gasteiger partial charge in [-0.2, -0.15) is 0 Å². The molecular weight excluding hydrogens is 296 g/mol. The number of carbonyl (C=O) groups is 1. The molecule has 0 unspecified atom stereocenters. The molecule has 1 heterocycles. The van der Waals surface area contributed by atoms with E-state index in [0.29, 0.717) is 17.2 Å². The number of phenolic OH excluding ortho intramolecular Hbond substituents is 1. The third-order valence-corrected chi connectivity index (χ3v) is 3.17. The van der Waals surface area contributed by atoms with Gasteiger partial charge in [0.1, 0.15) is 0 Å². The minimum atomic E-state index is -0.508. The summed E-state index contributed by atoms with van der Waals surface area (Å²) in [5.74, 6) is 1.02. The Morgan fingerprint density at radius 2 is 1.95 bits per heavy atom. The summed E-state index contributed by atoms with van der Waals surface area (Å²) in [5.41, 5.74) is 0.763. The maximum absolute atomic E-state index is 11.9. The van der Waals surface area contributed by atoms with Gasteiger partial charge in [-0.15, -0.1) is 0 Å². The molecule has 1 aliphatic rings. The average Bonchev–Trinajstić information content (AvgIpc) is 2.91. The molecule has 21 heavy (non-hydrogen) atoms. The number of anilines is 2. The topological polar surface area (TPSA) is 79.8 Å². The highest BCUT2D eigenvalue weighted by Gasteiger charge is 2.14. The molecule has 0 saturated carbocycles. The molecule has 1 aliphatic heterocycles. The molecule has 0 saturated heterocycles. The van der Waals surface area contributed by atoms with Crippen molar-refractivity contribution in [3.8, 4) is 17.2 Å². The van der Waals surface area contributed by atoms with Crippen LogP contribution in [0.2, 0.25) is 5.02 Å². The molecule has 0 atom stereocenters. The number of carbonyl (C=O) groups excluding carboxylic acids is 1. The Kier molecular flexibility index (Phi) is 3.45. The number of aromatic hydroxyl groups is 1. The zero-order chi connectivity index (χ0) is 14.8. The molecule has 108 valence electrons. The highest BCUT2D eigenvalue weighted by Crippen LogP contribution is 2.34. The Morgan fingerprint density at radius 1 is 1.14 bits per heavy atom. The van der Waals surface area contributed by atoms with Crippen molar-refractivity contribution in [3.05, 3.63) is 41.4 Å². The number of amides is 2. The van der Waals surface area contributed by atoms with E-state index in [1.165, 1.54) is 6.07 Å². The van der Waals surface area contributed by atoms with Gasteiger partial charge in [0.15, 0.2) is 17.2 Å². The van der Waals surface area contributed by atoms with Gasteiger partial charge in [-0.3, -0.25) is 0 Å². The molecule has 0 aromatic heterocycles. The van der Waals surface area contributed by atoms with E-state index in [2.05, 4.69) is 10.6 Å². The fourth-order valence-electron chi connectivity index (χ4n) is 1.88. The summed E-state index contributed by atoms with van der Waals surface area (Å²) in [5, 5.41) is 15.0. The molecule has 2 amide bonds. The summed E-state index contributed by atoms with van der Waals surface area (Å²) in [6.45, 7) is 0.168. The van der Waals surface area contributed by atoms with E-state index < -0.39 is 6.03 Å². The molecule has 2 aromatic rings. The van der Waals surface area contributed by atoms with E-state index >= 15 is 0 Å². The first-order valence-corrected chi connectivity index (χ1v) is 6.46. The number of rotatable bonds is 2. The lowest BCUT2D eigenvalue weighted by molar-refractivity contribution is 0.174. The summed E-state index contributed by atoms with van der Waals surface area (Å²) in [7, 11) is 0. The average molecular weight is 307 g/mol. The Hall–Kier alpha value is -2.60. The van der Waals surface area contributed by atoms with Crippen LogP contribution < -0.4 is 20.1 Å². The first-order valence-electron chi connectivity index (χ1n) is 6.08. The molecule has 3 rings (SSSR count). The van der Waals surface area contributed by atoms with Gasteiger partial charge in [-0.1, -0.05) is 17.7 Å². The van der Waals surface area contributed by atoms with Gasteiger partial charge in [-0.25, -0.2) is 4.79 Å². The third kappa shape index (κ3) is 2.80. The second-order valence-electron chi connectivity index (χ2n) is 4.28. The molecular formula is C14H11ClN2O4. The van der Waals surface area contributed by atoms with E-state index in [-0.39, 0.29) is 23.3 Å². The van der Waals surface area contributed by atoms with Gasteiger partial charge in [0.25, 0.3) is 0 Å². The Balaban J connectivity index is 1.70. The predicted octanol–water partition coefficient (Wildman–Crippen LogP) is 3.42. The molecule has 0 spiro atoms. The van der Waals surface area contributed by atoms with Crippen LogP contribution in [-0.2, 0) is 0 Å². The fourth-order valence-corrected chi connectivity index (χ4v) is 2.05. The van der Waals surface area contributed by atoms with E-state index in [0.717, 1.165) is 0 Å². The number of phenols is 1. The molecule has 0 aliphatic carbocycles. The van der Waals surface area contributed by atoms with Gasteiger partial charge < -0.3 is 25.2 Å². The highest BCUT2D eigenvalue weighted by molar-refractivity contribution is 6.32. The number of halogens is 1. The number of hydrogen-bond donors (Lipinski definition) is 3. The summed E-state index contributed by atoms with van der Waals surface area (Å²) < 4.78 is 10.4. The number of benzene rings is 2. The lowest BCUT2D eigenvalue weighted by Crippen LogP contribution is -2.19. The SMILES string of the molecule is O=C(Nc1ccc2c(c1)OCO2)Nc1cccc(Cl)c1O. The van der Waals surface area contributed by atoms with Gasteiger partial charge in [0.05, 0.1) is 10.7 Å². The number of hydrogen-bond acceptors (Lipinski definition) is 4. The molecule has 2 aromatic carbocycles. The predicted molar refractivity (Wildman–Crippen MR) is 78.3 cm³/mol. The maximum Gasteiger partial charge on any atom is 0.323 e. The minimum Gasteiger partial charge on any atom is -0.504 e. The lowest BCUT2D eigenvalue weighted by atomic mass is 10.3. The van der Waals surface area contributed by atoms with Crippen LogP contribution in [0.25, 0.3) is 0 Å². The molecule has 6 nitrogen and oxygen atoms in total. The number of urea groups is 1. The van der Waals surface area contributed by atoms with Crippen LogP contribution in [0.3, 0.4) is 0 Å². The van der Waals surface area contributed by atoms with Crippen molar-refractivity contribution >= 4 is 29.0 Å². The van der Waals surface area contributed by atoms with E-state index in [4.69, 9.17) is 21.1 Å². The lowest BCUT2D eigenvalue weighted by Gasteiger charge is -2.10. The fraction of sp³-hybridized carbons (Fsp3) is 0.0714. The third-order valence-electron chi connectivity index (χ3n) is 2.87. The van der Waals surface area contributed by atoms with Gasteiger partial charge >= 0.3 is 6.03 Å². The number of para-hydroxylation sites is 1. The van der Waals surface area contributed by atoms with Crippen molar-refractivity contribution in [1.82, 2.24) is 0 Å². The molecule has 0 radical (unpaired) electrons. The van der Waals surface area contributed by atoms with E-state index in [9.17, 15) is 9.90 Å². The summed E-state index contributed by atoms with van der Waals surface area (Å²) in [4.78, 5) is 11.9. The second-order valence-corrected chi connectivity index (χ2v) is 4.69. The number of fused-ring (bicyclic) bond motifs is 1. The quantitative estimate of drug-likeness (QED) is 0.743. The zero-order valence-electron chi connectivity index (χ0n) is 10.7. The van der Waals surface area contributed by atoms with Crippen molar-refractivity contribution in [2.24, 2.45) is 0 Å². The van der Waals surface area contributed by atoms with Crippen molar-refractivity contribution in [1.29, 1.82) is 0 Å². The van der Waals surface area contributed by atoms with Crippen LogP contribution in [0.5, 0.6) is 17.2 Å². The molecule has 0 bridgehead atoms. The van der Waals surface area contributed by atoms with Crippen molar-refractivity contribution in [2.45, 2.75) is 0 Å². The van der Waals surface area contributed by atoms with Crippen molar-refractivity contribution < 1.29 is 19.4 Å². The number of nitrogens with one attached hydrogen (secondary N) is 2. The smallest absolute Gasteiger partial charge is 0.323 e. The van der Waals surface area contributed by atoms with Gasteiger partial charge in [0.2, 0.25) is 6.79 Å². The standard InChI is InChI=1S/C14H11ClN2O4/c15-9-2-1-3-10(13(9)18)17-14(19)16-8-4-5-11-12(6-8)21-7-20-11/h1-6,18H,7H2,(H2,16,17,19). The Morgan fingerprint density at radius 3 is 2.81 bits per heavy atom. The number of ether oxygens (including phenoxy) is 2. The van der Waals surface area contributed by atoms with Crippen LogP contribution in [0.1, 0.15) is 0 Å².